The van der Waals surface area contributed by atoms with Crippen LogP contribution in [0.1, 0.15) is 24.4 Å². The molecule has 0 aliphatic heterocycles. The van der Waals surface area contributed by atoms with Crippen molar-refractivity contribution in [3.8, 4) is 5.75 Å². The second kappa shape index (κ2) is 7.77. The molecule has 0 aliphatic carbocycles. The van der Waals surface area contributed by atoms with E-state index in [9.17, 15) is 0 Å². The molecule has 0 bridgehead atoms. The van der Waals surface area contributed by atoms with Gasteiger partial charge in [0.15, 0.2) is 0 Å². The Morgan fingerprint density at radius 1 is 1.39 bits per heavy atom. The van der Waals surface area contributed by atoms with Gasteiger partial charge in [0.1, 0.15) is 5.75 Å². The van der Waals surface area contributed by atoms with E-state index in [2.05, 4.69) is 52.4 Å². The molecule has 1 aromatic carbocycles. The number of rotatable bonds is 7. The molecule has 0 radical (unpaired) electrons. The van der Waals surface area contributed by atoms with Crippen LogP contribution in [0.5, 0.6) is 5.75 Å². The van der Waals surface area contributed by atoms with Gasteiger partial charge in [0.2, 0.25) is 0 Å². The molecular formula is C14H23BrN2O. The van der Waals surface area contributed by atoms with E-state index in [-0.39, 0.29) is 0 Å². The maximum atomic E-state index is 5.27. The molecule has 4 heteroatoms. The van der Waals surface area contributed by atoms with Gasteiger partial charge in [-0.1, -0.05) is 6.07 Å². The standard InChI is InChI=1S/C14H23BrN2O/c1-16-9-5-6-13(17(2)3)11-7-8-14(18-4)12(15)10-11/h7-8,10,13,16H,5-6,9H2,1-4H3. The third kappa shape index (κ3) is 4.26. The number of nitrogens with one attached hydrogen (secondary N) is 1. The molecule has 18 heavy (non-hydrogen) atoms. The first kappa shape index (κ1) is 15.5. The number of methoxy groups -OCH3 is 1. The zero-order chi connectivity index (χ0) is 13.5. The summed E-state index contributed by atoms with van der Waals surface area (Å²) in [5.74, 6) is 0.881. The zero-order valence-corrected chi connectivity index (χ0v) is 13.3. The Labute approximate surface area is 119 Å². The van der Waals surface area contributed by atoms with E-state index >= 15 is 0 Å². The largest absolute Gasteiger partial charge is 0.496 e. The fourth-order valence-corrected chi connectivity index (χ4v) is 2.64. The van der Waals surface area contributed by atoms with Gasteiger partial charge >= 0.3 is 0 Å². The monoisotopic (exact) mass is 314 g/mol. The molecule has 0 saturated carbocycles. The second-order valence-electron chi connectivity index (χ2n) is 4.62. The molecule has 0 aromatic heterocycles. The summed E-state index contributed by atoms with van der Waals surface area (Å²) in [5, 5.41) is 3.20. The van der Waals surface area contributed by atoms with E-state index in [4.69, 9.17) is 4.74 Å². The summed E-state index contributed by atoms with van der Waals surface area (Å²) >= 11 is 3.55. The highest BCUT2D eigenvalue weighted by Crippen LogP contribution is 2.31. The number of benzene rings is 1. The Hall–Kier alpha value is -0.580. The predicted molar refractivity (Wildman–Crippen MR) is 80.3 cm³/mol. The Kier molecular flexibility index (Phi) is 6.68. The van der Waals surface area contributed by atoms with Crippen LogP contribution in [0, 0.1) is 0 Å². The fraction of sp³-hybridized carbons (Fsp3) is 0.571. The predicted octanol–water partition coefficient (Wildman–Crippen LogP) is 3.06. The molecule has 1 N–H and O–H groups in total. The van der Waals surface area contributed by atoms with Crippen molar-refractivity contribution < 1.29 is 4.74 Å². The third-order valence-corrected chi connectivity index (χ3v) is 3.71. The van der Waals surface area contributed by atoms with E-state index in [1.807, 2.05) is 13.1 Å². The molecule has 0 amide bonds. The number of ether oxygens (including phenoxy) is 1. The van der Waals surface area contributed by atoms with Crippen molar-refractivity contribution in [3.05, 3.63) is 28.2 Å². The van der Waals surface area contributed by atoms with Gasteiger partial charge in [-0.15, -0.1) is 0 Å². The minimum absolute atomic E-state index is 0.445. The van der Waals surface area contributed by atoms with Gasteiger partial charge in [0.05, 0.1) is 11.6 Å². The van der Waals surface area contributed by atoms with Gasteiger partial charge in [0, 0.05) is 6.04 Å². The summed E-state index contributed by atoms with van der Waals surface area (Å²) in [4.78, 5) is 2.27. The highest BCUT2D eigenvalue weighted by Gasteiger charge is 2.15. The van der Waals surface area contributed by atoms with Crippen molar-refractivity contribution in [1.82, 2.24) is 10.2 Å². The summed E-state index contributed by atoms with van der Waals surface area (Å²) in [6, 6.07) is 6.77. The average molecular weight is 315 g/mol. The number of halogens is 1. The molecule has 0 spiro atoms. The minimum Gasteiger partial charge on any atom is -0.496 e. The lowest BCUT2D eigenvalue weighted by molar-refractivity contribution is 0.278. The fourth-order valence-electron chi connectivity index (χ4n) is 2.09. The van der Waals surface area contributed by atoms with Crippen molar-refractivity contribution in [2.75, 3.05) is 34.8 Å². The van der Waals surface area contributed by atoms with E-state index < -0.39 is 0 Å². The lowest BCUT2D eigenvalue weighted by Crippen LogP contribution is -2.21. The Balaban J connectivity index is 2.82. The van der Waals surface area contributed by atoms with Crippen LogP contribution in [-0.2, 0) is 0 Å². The van der Waals surface area contributed by atoms with E-state index in [1.54, 1.807) is 7.11 Å². The van der Waals surface area contributed by atoms with Gasteiger partial charge < -0.3 is 15.0 Å². The summed E-state index contributed by atoms with van der Waals surface area (Å²) < 4.78 is 6.28. The zero-order valence-electron chi connectivity index (χ0n) is 11.7. The Morgan fingerprint density at radius 3 is 2.61 bits per heavy atom. The van der Waals surface area contributed by atoms with Crippen LogP contribution in [0.25, 0.3) is 0 Å². The van der Waals surface area contributed by atoms with E-state index in [1.165, 1.54) is 12.0 Å². The van der Waals surface area contributed by atoms with Gasteiger partial charge in [-0.25, -0.2) is 0 Å². The Bertz CT molecular complexity index is 369. The van der Waals surface area contributed by atoms with Crippen LogP contribution < -0.4 is 10.1 Å². The van der Waals surface area contributed by atoms with Gasteiger partial charge in [-0.05, 0) is 74.2 Å². The van der Waals surface area contributed by atoms with Gasteiger partial charge in [-0.2, -0.15) is 0 Å². The van der Waals surface area contributed by atoms with Crippen LogP contribution in [0.4, 0.5) is 0 Å². The first-order valence-corrected chi connectivity index (χ1v) is 7.04. The first-order chi connectivity index (χ1) is 8.60. The topological polar surface area (TPSA) is 24.5 Å². The number of nitrogens with zero attached hydrogens (tertiary/aromatic N) is 1. The lowest BCUT2D eigenvalue weighted by atomic mass is 10.0. The quantitative estimate of drug-likeness (QED) is 0.783. The minimum atomic E-state index is 0.445. The molecule has 102 valence electrons. The van der Waals surface area contributed by atoms with E-state index in [0.717, 1.165) is 23.2 Å². The third-order valence-electron chi connectivity index (χ3n) is 3.09. The molecule has 1 rings (SSSR count). The summed E-state index contributed by atoms with van der Waals surface area (Å²) in [5.41, 5.74) is 1.32. The second-order valence-corrected chi connectivity index (χ2v) is 5.47. The van der Waals surface area contributed by atoms with Gasteiger partial charge in [0.25, 0.3) is 0 Å². The van der Waals surface area contributed by atoms with Crippen LogP contribution in [-0.4, -0.2) is 39.7 Å². The van der Waals surface area contributed by atoms with Crippen molar-refractivity contribution in [3.63, 3.8) is 0 Å². The smallest absolute Gasteiger partial charge is 0.133 e. The summed E-state index contributed by atoms with van der Waals surface area (Å²) in [7, 11) is 7.94. The van der Waals surface area contributed by atoms with E-state index in [0.29, 0.717) is 6.04 Å². The highest BCUT2D eigenvalue weighted by atomic mass is 79.9. The normalized spacial score (nSPS) is 12.8. The Morgan fingerprint density at radius 2 is 2.11 bits per heavy atom. The first-order valence-electron chi connectivity index (χ1n) is 6.24. The average Bonchev–Trinajstić information content (AvgIpc) is 2.34. The van der Waals surface area contributed by atoms with Crippen LogP contribution >= 0.6 is 15.9 Å². The van der Waals surface area contributed by atoms with Gasteiger partial charge in [-0.3, -0.25) is 0 Å². The van der Waals surface area contributed by atoms with Crippen LogP contribution in [0.2, 0.25) is 0 Å². The van der Waals surface area contributed by atoms with Crippen LogP contribution in [0.3, 0.4) is 0 Å². The summed E-state index contributed by atoms with van der Waals surface area (Å²) in [6.07, 6.45) is 2.32. The maximum absolute atomic E-state index is 5.27. The molecule has 0 fully saturated rings. The molecule has 0 heterocycles. The molecule has 1 aromatic rings. The number of hydrogen-bond acceptors (Lipinski definition) is 3. The lowest BCUT2D eigenvalue weighted by Gasteiger charge is -2.25. The van der Waals surface area contributed by atoms with Crippen molar-refractivity contribution >= 4 is 15.9 Å². The molecule has 1 unspecified atom stereocenters. The highest BCUT2D eigenvalue weighted by molar-refractivity contribution is 9.10. The number of hydrogen-bond donors (Lipinski definition) is 1. The van der Waals surface area contributed by atoms with Crippen molar-refractivity contribution in [2.45, 2.75) is 18.9 Å². The molecule has 0 saturated heterocycles. The molecule has 0 aliphatic rings. The summed E-state index contributed by atoms with van der Waals surface area (Å²) in [6.45, 7) is 1.06. The SMILES string of the molecule is CNCCCC(c1ccc(OC)c(Br)c1)N(C)C. The molecule has 3 nitrogen and oxygen atoms in total. The molecule has 1 atom stereocenters. The van der Waals surface area contributed by atoms with Crippen LogP contribution in [0.15, 0.2) is 22.7 Å². The molecular weight excluding hydrogens is 292 g/mol. The van der Waals surface area contributed by atoms with Crippen molar-refractivity contribution in [1.29, 1.82) is 0 Å². The van der Waals surface area contributed by atoms with Crippen molar-refractivity contribution in [2.24, 2.45) is 0 Å². The maximum Gasteiger partial charge on any atom is 0.133 e.